The predicted molar refractivity (Wildman–Crippen MR) is 70.8 cm³/mol. The summed E-state index contributed by atoms with van der Waals surface area (Å²) in [7, 11) is 0. The first kappa shape index (κ1) is 14.1. The van der Waals surface area contributed by atoms with Gasteiger partial charge in [0.25, 0.3) is 0 Å². The standard InChI is InChI=1S/C13H23N3O3/c1-2-19-12(17)11-5-3-4-8-16(11)13(18)15-9-6-14-7-10-15/h11,14H,2-10H2,1H3. The van der Waals surface area contributed by atoms with Crippen LogP contribution < -0.4 is 5.32 Å². The van der Waals surface area contributed by atoms with Crippen molar-refractivity contribution in [3.05, 3.63) is 0 Å². The van der Waals surface area contributed by atoms with E-state index in [9.17, 15) is 9.59 Å². The molecule has 2 rings (SSSR count). The molecule has 108 valence electrons. The summed E-state index contributed by atoms with van der Waals surface area (Å²) in [4.78, 5) is 28.0. The second kappa shape index (κ2) is 6.75. The Morgan fingerprint density at radius 1 is 1.21 bits per heavy atom. The fourth-order valence-electron chi connectivity index (χ4n) is 2.68. The van der Waals surface area contributed by atoms with E-state index in [1.54, 1.807) is 11.8 Å². The Balaban J connectivity index is 2.01. The molecule has 2 heterocycles. The highest BCUT2D eigenvalue weighted by Crippen LogP contribution is 2.20. The molecular formula is C13H23N3O3. The quantitative estimate of drug-likeness (QED) is 0.738. The molecular weight excluding hydrogens is 246 g/mol. The topological polar surface area (TPSA) is 61.9 Å². The Kier molecular flexibility index (Phi) is 5.01. The van der Waals surface area contributed by atoms with Crippen molar-refractivity contribution in [3.8, 4) is 0 Å². The van der Waals surface area contributed by atoms with Gasteiger partial charge < -0.3 is 19.9 Å². The van der Waals surface area contributed by atoms with Crippen LogP contribution in [0.3, 0.4) is 0 Å². The van der Waals surface area contributed by atoms with Crippen LogP contribution in [0, 0.1) is 0 Å². The summed E-state index contributed by atoms with van der Waals surface area (Å²) in [5.74, 6) is -0.259. The maximum Gasteiger partial charge on any atom is 0.328 e. The zero-order valence-electron chi connectivity index (χ0n) is 11.6. The lowest BCUT2D eigenvalue weighted by atomic mass is 10.0. The molecule has 2 amide bonds. The van der Waals surface area contributed by atoms with Crippen molar-refractivity contribution in [3.63, 3.8) is 0 Å². The van der Waals surface area contributed by atoms with Crippen molar-refractivity contribution in [1.82, 2.24) is 15.1 Å². The lowest BCUT2D eigenvalue weighted by Gasteiger charge is -2.38. The van der Waals surface area contributed by atoms with Gasteiger partial charge in [-0.15, -0.1) is 0 Å². The molecule has 1 N–H and O–H groups in total. The third kappa shape index (κ3) is 3.37. The van der Waals surface area contributed by atoms with E-state index in [1.807, 2.05) is 4.90 Å². The van der Waals surface area contributed by atoms with E-state index < -0.39 is 6.04 Å². The summed E-state index contributed by atoms with van der Waals surface area (Å²) >= 11 is 0. The predicted octanol–water partition coefficient (Wildman–Crippen LogP) is 0.429. The summed E-state index contributed by atoms with van der Waals surface area (Å²) in [6.07, 6.45) is 2.67. The minimum Gasteiger partial charge on any atom is -0.464 e. The highest BCUT2D eigenvalue weighted by Gasteiger charge is 2.35. The summed E-state index contributed by atoms with van der Waals surface area (Å²) in [5, 5.41) is 3.22. The number of nitrogens with one attached hydrogen (secondary N) is 1. The van der Waals surface area contributed by atoms with Crippen LogP contribution in [0.4, 0.5) is 4.79 Å². The van der Waals surface area contributed by atoms with Crippen molar-refractivity contribution in [2.24, 2.45) is 0 Å². The number of likely N-dealkylation sites (tertiary alicyclic amines) is 1. The zero-order valence-corrected chi connectivity index (χ0v) is 11.6. The fraction of sp³-hybridized carbons (Fsp3) is 0.846. The molecule has 0 aromatic rings. The molecule has 6 heteroatoms. The molecule has 0 aromatic heterocycles. The Labute approximate surface area is 114 Å². The summed E-state index contributed by atoms with van der Waals surface area (Å²) < 4.78 is 5.09. The fourth-order valence-corrected chi connectivity index (χ4v) is 2.68. The first-order valence-corrected chi connectivity index (χ1v) is 7.17. The van der Waals surface area contributed by atoms with Gasteiger partial charge in [-0.2, -0.15) is 0 Å². The Hall–Kier alpha value is -1.30. The number of nitrogens with zero attached hydrogens (tertiary/aromatic N) is 2. The largest absolute Gasteiger partial charge is 0.464 e. The number of amides is 2. The number of hydrogen-bond donors (Lipinski definition) is 1. The number of piperidine rings is 1. The van der Waals surface area contributed by atoms with Crippen LogP contribution in [-0.4, -0.2) is 67.2 Å². The number of rotatable bonds is 2. The van der Waals surface area contributed by atoms with Gasteiger partial charge in [0.15, 0.2) is 0 Å². The average molecular weight is 269 g/mol. The van der Waals surface area contributed by atoms with Crippen LogP contribution in [0.1, 0.15) is 26.2 Å². The van der Waals surface area contributed by atoms with Gasteiger partial charge in [0.05, 0.1) is 6.61 Å². The van der Waals surface area contributed by atoms with Gasteiger partial charge in [0.1, 0.15) is 6.04 Å². The zero-order chi connectivity index (χ0) is 13.7. The van der Waals surface area contributed by atoms with E-state index in [4.69, 9.17) is 4.74 Å². The molecule has 2 aliphatic rings. The van der Waals surface area contributed by atoms with Crippen molar-refractivity contribution in [1.29, 1.82) is 0 Å². The molecule has 1 atom stereocenters. The van der Waals surface area contributed by atoms with Crippen LogP contribution >= 0.6 is 0 Å². The number of urea groups is 1. The van der Waals surface area contributed by atoms with Crippen LogP contribution in [0.5, 0.6) is 0 Å². The Morgan fingerprint density at radius 2 is 1.95 bits per heavy atom. The van der Waals surface area contributed by atoms with Gasteiger partial charge in [0.2, 0.25) is 0 Å². The van der Waals surface area contributed by atoms with Crippen molar-refractivity contribution in [2.45, 2.75) is 32.2 Å². The summed E-state index contributed by atoms with van der Waals surface area (Å²) in [6, 6.07) is -0.407. The normalized spacial score (nSPS) is 24.2. The van der Waals surface area contributed by atoms with Crippen molar-refractivity contribution in [2.75, 3.05) is 39.3 Å². The highest BCUT2D eigenvalue weighted by atomic mass is 16.5. The van der Waals surface area contributed by atoms with Crippen molar-refractivity contribution < 1.29 is 14.3 Å². The lowest BCUT2D eigenvalue weighted by Crippen LogP contribution is -2.57. The van der Waals surface area contributed by atoms with E-state index in [0.29, 0.717) is 26.2 Å². The number of hydrogen-bond acceptors (Lipinski definition) is 4. The molecule has 2 saturated heterocycles. The molecule has 0 radical (unpaired) electrons. The third-order valence-corrected chi connectivity index (χ3v) is 3.69. The first-order valence-electron chi connectivity index (χ1n) is 7.17. The first-order chi connectivity index (χ1) is 9.24. The van der Waals surface area contributed by atoms with Gasteiger partial charge in [-0.3, -0.25) is 0 Å². The number of esters is 1. The minimum atomic E-state index is -0.393. The molecule has 6 nitrogen and oxygen atoms in total. The third-order valence-electron chi connectivity index (χ3n) is 3.69. The number of ether oxygens (including phenoxy) is 1. The monoisotopic (exact) mass is 269 g/mol. The highest BCUT2D eigenvalue weighted by molar-refractivity contribution is 5.84. The van der Waals surface area contributed by atoms with Crippen LogP contribution in [0.2, 0.25) is 0 Å². The van der Waals surface area contributed by atoms with E-state index in [1.165, 1.54) is 0 Å². The number of carbonyl (C=O) groups excluding carboxylic acids is 2. The average Bonchev–Trinajstić information content (AvgIpc) is 2.47. The van der Waals surface area contributed by atoms with Gasteiger partial charge in [-0.1, -0.05) is 0 Å². The Bertz CT molecular complexity index is 329. The molecule has 0 aromatic carbocycles. The van der Waals surface area contributed by atoms with Gasteiger partial charge in [-0.25, -0.2) is 9.59 Å². The van der Waals surface area contributed by atoms with Gasteiger partial charge in [-0.05, 0) is 26.2 Å². The molecule has 2 fully saturated rings. The minimum absolute atomic E-state index is 0.0146. The molecule has 0 bridgehead atoms. The van der Waals surface area contributed by atoms with Crippen LogP contribution in [0.15, 0.2) is 0 Å². The molecule has 1 unspecified atom stereocenters. The second-order valence-electron chi connectivity index (χ2n) is 4.98. The van der Waals surface area contributed by atoms with E-state index in [-0.39, 0.29) is 12.0 Å². The molecule has 2 aliphatic heterocycles. The van der Waals surface area contributed by atoms with Crippen LogP contribution in [-0.2, 0) is 9.53 Å². The Morgan fingerprint density at radius 3 is 2.63 bits per heavy atom. The second-order valence-corrected chi connectivity index (χ2v) is 4.98. The van der Waals surface area contributed by atoms with E-state index >= 15 is 0 Å². The van der Waals surface area contributed by atoms with Gasteiger partial charge in [0, 0.05) is 32.7 Å². The number of piperazine rings is 1. The summed E-state index contributed by atoms with van der Waals surface area (Å²) in [6.45, 7) is 5.89. The molecule has 19 heavy (non-hydrogen) atoms. The lowest BCUT2D eigenvalue weighted by molar-refractivity contribution is -0.149. The maximum atomic E-state index is 12.5. The van der Waals surface area contributed by atoms with Gasteiger partial charge >= 0.3 is 12.0 Å². The number of carbonyl (C=O) groups is 2. The molecule has 0 spiro atoms. The summed E-state index contributed by atoms with van der Waals surface area (Å²) in [5.41, 5.74) is 0. The smallest absolute Gasteiger partial charge is 0.328 e. The van der Waals surface area contributed by atoms with Crippen LogP contribution in [0.25, 0.3) is 0 Å². The maximum absolute atomic E-state index is 12.5. The molecule has 0 saturated carbocycles. The SMILES string of the molecule is CCOC(=O)C1CCCCN1C(=O)N1CCNCC1. The van der Waals surface area contributed by atoms with Crippen molar-refractivity contribution >= 4 is 12.0 Å². The molecule has 0 aliphatic carbocycles. The van der Waals surface area contributed by atoms with E-state index in [2.05, 4.69) is 5.32 Å². The van der Waals surface area contributed by atoms with E-state index in [0.717, 1.165) is 32.4 Å².